The number of pyridine rings is 1. The van der Waals surface area contributed by atoms with Crippen LogP contribution in [0.1, 0.15) is 41.3 Å². The number of nitrogen functional groups attached to an aromatic ring is 1. The highest BCUT2D eigenvalue weighted by atomic mass is 19.1. The lowest BCUT2D eigenvalue weighted by atomic mass is 10.0. The first-order chi connectivity index (χ1) is 16.4. The molecule has 0 atom stereocenters. The number of nitrogens with zero attached hydrogens (tertiary/aromatic N) is 2. The monoisotopic (exact) mass is 462 g/mol. The summed E-state index contributed by atoms with van der Waals surface area (Å²) in [5.41, 5.74) is 10.2. The molecule has 0 spiro atoms. The van der Waals surface area contributed by atoms with Gasteiger partial charge in [-0.1, -0.05) is 24.3 Å². The van der Waals surface area contributed by atoms with Crippen molar-refractivity contribution in [1.82, 2.24) is 15.2 Å². The fourth-order valence-electron chi connectivity index (χ4n) is 4.28. The van der Waals surface area contributed by atoms with Gasteiger partial charge >= 0.3 is 0 Å². The van der Waals surface area contributed by atoms with Crippen molar-refractivity contribution in [3.05, 3.63) is 77.2 Å². The molecule has 1 aliphatic heterocycles. The Labute approximate surface area is 199 Å². The van der Waals surface area contributed by atoms with Crippen LogP contribution < -0.4 is 15.8 Å². The number of carbonyl (C=O) groups is 1. The molecule has 4 rings (SSSR count). The van der Waals surface area contributed by atoms with Gasteiger partial charge in [0.1, 0.15) is 17.4 Å². The van der Waals surface area contributed by atoms with Crippen LogP contribution in [0.5, 0.6) is 5.75 Å². The van der Waals surface area contributed by atoms with Gasteiger partial charge in [-0.05, 0) is 67.6 Å². The molecule has 1 saturated heterocycles. The zero-order valence-corrected chi connectivity index (χ0v) is 19.7. The number of anilines is 1. The number of halogens is 1. The summed E-state index contributed by atoms with van der Waals surface area (Å²) in [6.45, 7) is 6.97. The van der Waals surface area contributed by atoms with Crippen LogP contribution in [0.25, 0.3) is 11.1 Å². The van der Waals surface area contributed by atoms with Gasteiger partial charge < -0.3 is 15.8 Å². The molecule has 2 heterocycles. The number of aromatic nitrogens is 1. The van der Waals surface area contributed by atoms with Crippen molar-refractivity contribution in [2.24, 2.45) is 0 Å². The van der Waals surface area contributed by atoms with Gasteiger partial charge in [0.25, 0.3) is 5.91 Å². The summed E-state index contributed by atoms with van der Waals surface area (Å²) in [5.74, 6) is 0.897. The first-order valence-corrected chi connectivity index (χ1v) is 11.7. The maximum atomic E-state index is 13.3. The Bertz CT molecular complexity index is 1140. The topological polar surface area (TPSA) is 80.5 Å². The Kier molecular flexibility index (Phi) is 7.43. The van der Waals surface area contributed by atoms with E-state index in [2.05, 4.69) is 27.3 Å². The molecule has 7 heteroatoms. The highest BCUT2D eigenvalue weighted by molar-refractivity contribution is 5.94. The van der Waals surface area contributed by atoms with Crippen LogP contribution >= 0.6 is 0 Å². The summed E-state index contributed by atoms with van der Waals surface area (Å²) in [6, 6.07) is 14.6. The molecule has 1 aliphatic rings. The van der Waals surface area contributed by atoms with Crippen LogP contribution in [0.4, 0.5) is 10.2 Å². The summed E-state index contributed by atoms with van der Waals surface area (Å²) in [7, 11) is 0. The number of hydrogen-bond acceptors (Lipinski definition) is 5. The van der Waals surface area contributed by atoms with Crippen LogP contribution in [0.15, 0.2) is 54.7 Å². The van der Waals surface area contributed by atoms with Gasteiger partial charge in [0, 0.05) is 37.4 Å². The number of aryl methyl sites for hydroxylation is 1. The normalized spacial score (nSPS) is 14.7. The molecule has 0 radical (unpaired) electrons. The van der Waals surface area contributed by atoms with E-state index >= 15 is 0 Å². The summed E-state index contributed by atoms with van der Waals surface area (Å²) in [5, 5.41) is 3.13. The number of hydrogen-bond donors (Lipinski definition) is 2. The molecule has 6 nitrogen and oxygen atoms in total. The Morgan fingerprint density at radius 2 is 1.91 bits per heavy atom. The first-order valence-electron chi connectivity index (χ1n) is 11.7. The van der Waals surface area contributed by atoms with Crippen LogP contribution in [-0.2, 0) is 6.54 Å². The summed E-state index contributed by atoms with van der Waals surface area (Å²) < 4.78 is 19.2. The number of nitrogens with one attached hydrogen (secondary N) is 1. The van der Waals surface area contributed by atoms with Gasteiger partial charge in [-0.2, -0.15) is 0 Å². The van der Waals surface area contributed by atoms with Gasteiger partial charge in [0.05, 0.1) is 12.2 Å². The van der Waals surface area contributed by atoms with E-state index < -0.39 is 0 Å². The average molecular weight is 463 g/mol. The van der Waals surface area contributed by atoms with E-state index in [1.54, 1.807) is 18.2 Å². The standard InChI is InChI=1S/C27H31FN4O2/c1-3-34-25-15-19(4-9-24(25)20-5-7-22(28)8-6-20)17-32-12-10-23(11-13-32)31-27(33)21-14-18(2)26(29)30-16-21/h4-9,14-16,23H,3,10-13,17H2,1-2H3,(H2,29,30)(H,31,33). The van der Waals surface area contributed by atoms with Crippen molar-refractivity contribution in [3.63, 3.8) is 0 Å². The predicted octanol–water partition coefficient (Wildman–Crippen LogP) is 4.57. The number of carbonyl (C=O) groups excluding carboxylic acids is 1. The van der Waals surface area contributed by atoms with Gasteiger partial charge in [-0.3, -0.25) is 9.69 Å². The summed E-state index contributed by atoms with van der Waals surface area (Å²) in [6.07, 6.45) is 3.30. The number of piperidine rings is 1. The SMILES string of the molecule is CCOc1cc(CN2CCC(NC(=O)c3cnc(N)c(C)c3)CC2)ccc1-c1ccc(F)cc1. The van der Waals surface area contributed by atoms with Crippen LogP contribution in [0, 0.1) is 12.7 Å². The van der Waals surface area contributed by atoms with Crippen molar-refractivity contribution in [2.45, 2.75) is 39.3 Å². The van der Waals surface area contributed by atoms with E-state index in [0.29, 0.717) is 18.0 Å². The first kappa shape index (κ1) is 23.7. The maximum Gasteiger partial charge on any atom is 0.253 e. The van der Waals surface area contributed by atoms with E-state index in [9.17, 15) is 9.18 Å². The molecule has 0 bridgehead atoms. The van der Waals surface area contributed by atoms with Crippen LogP contribution in [-0.4, -0.2) is 41.5 Å². The number of benzene rings is 2. The van der Waals surface area contributed by atoms with Gasteiger partial charge in [-0.25, -0.2) is 9.37 Å². The fourth-order valence-corrected chi connectivity index (χ4v) is 4.28. The number of nitrogens with two attached hydrogens (primary N) is 1. The van der Waals surface area contributed by atoms with Crippen LogP contribution in [0.3, 0.4) is 0 Å². The van der Waals surface area contributed by atoms with Gasteiger partial charge in [0.15, 0.2) is 0 Å². The van der Waals surface area contributed by atoms with E-state index in [0.717, 1.165) is 54.9 Å². The van der Waals surface area contributed by atoms with E-state index in [1.807, 2.05) is 19.9 Å². The van der Waals surface area contributed by atoms with Crippen molar-refractivity contribution in [3.8, 4) is 16.9 Å². The van der Waals surface area contributed by atoms with Gasteiger partial charge in [0.2, 0.25) is 0 Å². The lowest BCUT2D eigenvalue weighted by Crippen LogP contribution is -2.44. The van der Waals surface area contributed by atoms with Crippen LogP contribution in [0.2, 0.25) is 0 Å². The molecule has 1 fully saturated rings. The second kappa shape index (κ2) is 10.7. The predicted molar refractivity (Wildman–Crippen MR) is 132 cm³/mol. The molecule has 2 aromatic carbocycles. The molecular formula is C27H31FN4O2. The minimum absolute atomic E-state index is 0.105. The number of amides is 1. The summed E-state index contributed by atoms with van der Waals surface area (Å²) >= 11 is 0. The second-order valence-electron chi connectivity index (χ2n) is 8.72. The molecule has 178 valence electrons. The third-order valence-electron chi connectivity index (χ3n) is 6.21. The largest absolute Gasteiger partial charge is 0.493 e. The molecule has 0 aliphatic carbocycles. The molecule has 0 saturated carbocycles. The molecule has 34 heavy (non-hydrogen) atoms. The number of ether oxygens (including phenoxy) is 1. The van der Waals surface area contributed by atoms with E-state index in [4.69, 9.17) is 10.5 Å². The number of likely N-dealkylation sites (tertiary alicyclic amines) is 1. The summed E-state index contributed by atoms with van der Waals surface area (Å²) in [4.78, 5) is 19.0. The number of rotatable bonds is 7. The quantitative estimate of drug-likeness (QED) is 0.538. The Hall–Kier alpha value is -3.45. The highest BCUT2D eigenvalue weighted by Crippen LogP contribution is 2.32. The lowest BCUT2D eigenvalue weighted by Gasteiger charge is -2.32. The highest BCUT2D eigenvalue weighted by Gasteiger charge is 2.22. The molecule has 3 N–H and O–H groups in total. The van der Waals surface area contributed by atoms with Gasteiger partial charge in [-0.15, -0.1) is 0 Å². The third-order valence-corrected chi connectivity index (χ3v) is 6.21. The lowest BCUT2D eigenvalue weighted by molar-refractivity contribution is 0.0908. The molecule has 3 aromatic rings. The van der Waals surface area contributed by atoms with Crippen molar-refractivity contribution in [1.29, 1.82) is 0 Å². The average Bonchev–Trinajstić information content (AvgIpc) is 2.83. The Balaban J connectivity index is 1.35. The molecule has 1 amide bonds. The van der Waals surface area contributed by atoms with Crippen molar-refractivity contribution >= 4 is 11.7 Å². The molecular weight excluding hydrogens is 431 g/mol. The zero-order chi connectivity index (χ0) is 24.1. The smallest absolute Gasteiger partial charge is 0.253 e. The zero-order valence-electron chi connectivity index (χ0n) is 19.7. The molecule has 0 unspecified atom stereocenters. The fraction of sp³-hybridized carbons (Fsp3) is 0.333. The third kappa shape index (κ3) is 5.72. The van der Waals surface area contributed by atoms with E-state index in [-0.39, 0.29) is 17.8 Å². The maximum absolute atomic E-state index is 13.3. The minimum atomic E-state index is -0.252. The van der Waals surface area contributed by atoms with E-state index in [1.165, 1.54) is 23.9 Å². The molecule has 1 aromatic heterocycles. The Morgan fingerprint density at radius 1 is 1.18 bits per heavy atom. The Morgan fingerprint density at radius 3 is 2.59 bits per heavy atom. The minimum Gasteiger partial charge on any atom is -0.493 e. The van der Waals surface area contributed by atoms with Crippen molar-refractivity contribution < 1.29 is 13.9 Å². The second-order valence-corrected chi connectivity index (χ2v) is 8.72. The van der Waals surface area contributed by atoms with Crippen molar-refractivity contribution in [2.75, 3.05) is 25.4 Å².